The van der Waals surface area contributed by atoms with Gasteiger partial charge in [0.1, 0.15) is 15.6 Å². The highest BCUT2D eigenvalue weighted by atomic mass is 79.9. The van der Waals surface area contributed by atoms with Gasteiger partial charge >= 0.3 is 0 Å². The second-order valence-corrected chi connectivity index (χ2v) is 8.49. The molecule has 6 heteroatoms. The number of benzene rings is 1. The van der Waals surface area contributed by atoms with Crippen molar-refractivity contribution in [1.82, 2.24) is 5.32 Å². The lowest BCUT2D eigenvalue weighted by atomic mass is 10.0. The van der Waals surface area contributed by atoms with Crippen molar-refractivity contribution >= 4 is 25.8 Å². The zero-order valence-corrected chi connectivity index (χ0v) is 14.1. The van der Waals surface area contributed by atoms with E-state index in [1.807, 2.05) is 25.1 Å². The van der Waals surface area contributed by atoms with Crippen molar-refractivity contribution in [3.8, 4) is 5.75 Å². The third-order valence-corrected chi connectivity index (χ3v) is 4.88. The van der Waals surface area contributed by atoms with E-state index in [1.54, 1.807) is 0 Å². The lowest BCUT2D eigenvalue weighted by molar-refractivity contribution is 0.314. The van der Waals surface area contributed by atoms with E-state index in [1.165, 1.54) is 6.26 Å². The van der Waals surface area contributed by atoms with Gasteiger partial charge in [0, 0.05) is 28.4 Å². The van der Waals surface area contributed by atoms with Crippen LogP contribution in [-0.2, 0) is 9.84 Å². The van der Waals surface area contributed by atoms with E-state index in [2.05, 4.69) is 21.2 Å². The van der Waals surface area contributed by atoms with Crippen molar-refractivity contribution in [2.45, 2.75) is 31.8 Å². The Kier molecular flexibility index (Phi) is 5.09. The molecule has 1 aromatic carbocycles. The minimum atomic E-state index is -2.97. The molecule has 2 atom stereocenters. The van der Waals surface area contributed by atoms with Crippen molar-refractivity contribution in [2.24, 2.45) is 0 Å². The van der Waals surface area contributed by atoms with E-state index < -0.39 is 9.84 Å². The molecule has 1 N–H and O–H groups in total. The average Bonchev–Trinajstić information content (AvgIpc) is 2.49. The minimum absolute atomic E-state index is 0.0791. The van der Waals surface area contributed by atoms with Crippen LogP contribution in [0.5, 0.6) is 5.75 Å². The Labute approximate surface area is 129 Å². The SMILES string of the molecule is CC(CS(C)(=O)=O)NC1CCCOc2cc(Br)ccc21. The number of ether oxygens (including phenoxy) is 1. The molecular formula is C14H20BrNO3S. The number of hydrogen-bond donors (Lipinski definition) is 1. The molecule has 4 nitrogen and oxygen atoms in total. The van der Waals surface area contributed by atoms with Crippen LogP contribution in [0.3, 0.4) is 0 Å². The lowest BCUT2D eigenvalue weighted by Gasteiger charge is -2.23. The maximum absolute atomic E-state index is 11.4. The summed E-state index contributed by atoms with van der Waals surface area (Å²) in [6.07, 6.45) is 3.17. The molecule has 0 saturated heterocycles. The van der Waals surface area contributed by atoms with Gasteiger partial charge in [0.05, 0.1) is 12.4 Å². The first-order chi connectivity index (χ1) is 9.35. The van der Waals surface area contributed by atoms with Gasteiger partial charge in [-0.2, -0.15) is 0 Å². The van der Waals surface area contributed by atoms with Crippen molar-refractivity contribution in [1.29, 1.82) is 0 Å². The molecule has 0 saturated carbocycles. The molecule has 1 aliphatic heterocycles. The van der Waals surface area contributed by atoms with Crippen LogP contribution in [0.25, 0.3) is 0 Å². The van der Waals surface area contributed by atoms with Gasteiger partial charge in [-0.05, 0) is 31.9 Å². The molecule has 1 aliphatic rings. The highest BCUT2D eigenvalue weighted by Gasteiger charge is 2.22. The van der Waals surface area contributed by atoms with Crippen LogP contribution in [0.15, 0.2) is 22.7 Å². The zero-order valence-electron chi connectivity index (χ0n) is 11.7. The topological polar surface area (TPSA) is 55.4 Å². The number of hydrogen-bond acceptors (Lipinski definition) is 4. The molecule has 0 aliphatic carbocycles. The Bertz CT molecular complexity index is 574. The summed E-state index contributed by atoms with van der Waals surface area (Å²) in [5.41, 5.74) is 1.10. The summed E-state index contributed by atoms with van der Waals surface area (Å²) in [6, 6.07) is 6.05. The van der Waals surface area contributed by atoms with E-state index in [4.69, 9.17) is 4.74 Å². The van der Waals surface area contributed by atoms with Crippen molar-refractivity contribution < 1.29 is 13.2 Å². The Hall–Kier alpha value is -0.590. The lowest BCUT2D eigenvalue weighted by Crippen LogP contribution is -2.35. The Morgan fingerprint density at radius 2 is 2.25 bits per heavy atom. The highest BCUT2D eigenvalue weighted by Crippen LogP contribution is 2.33. The van der Waals surface area contributed by atoms with Gasteiger partial charge in [0.15, 0.2) is 0 Å². The number of halogens is 1. The van der Waals surface area contributed by atoms with Gasteiger partial charge in [0.25, 0.3) is 0 Å². The fourth-order valence-electron chi connectivity index (χ4n) is 2.56. The zero-order chi connectivity index (χ0) is 14.8. The van der Waals surface area contributed by atoms with Crippen molar-refractivity contribution in [2.75, 3.05) is 18.6 Å². The molecule has 20 heavy (non-hydrogen) atoms. The molecular weight excluding hydrogens is 342 g/mol. The normalized spacial score (nSPS) is 20.6. The number of nitrogens with one attached hydrogen (secondary N) is 1. The van der Waals surface area contributed by atoms with E-state index >= 15 is 0 Å². The van der Waals surface area contributed by atoms with Gasteiger partial charge in [-0.25, -0.2) is 8.42 Å². The quantitative estimate of drug-likeness (QED) is 0.895. The van der Waals surface area contributed by atoms with Crippen LogP contribution < -0.4 is 10.1 Å². The monoisotopic (exact) mass is 361 g/mol. The molecule has 2 unspecified atom stereocenters. The molecule has 0 bridgehead atoms. The predicted molar refractivity (Wildman–Crippen MR) is 83.9 cm³/mol. The van der Waals surface area contributed by atoms with Crippen LogP contribution in [0.4, 0.5) is 0 Å². The van der Waals surface area contributed by atoms with E-state index in [0.29, 0.717) is 6.61 Å². The van der Waals surface area contributed by atoms with Gasteiger partial charge in [-0.1, -0.05) is 22.0 Å². The molecule has 0 radical (unpaired) electrons. The van der Waals surface area contributed by atoms with Crippen LogP contribution in [0, 0.1) is 0 Å². The minimum Gasteiger partial charge on any atom is -0.493 e. The molecule has 112 valence electrons. The van der Waals surface area contributed by atoms with Gasteiger partial charge in [-0.3, -0.25) is 0 Å². The summed E-state index contributed by atoms with van der Waals surface area (Å²) >= 11 is 3.45. The number of fused-ring (bicyclic) bond motifs is 1. The van der Waals surface area contributed by atoms with Gasteiger partial charge in [0.2, 0.25) is 0 Å². The summed E-state index contributed by atoms with van der Waals surface area (Å²) in [6.45, 7) is 2.60. The summed E-state index contributed by atoms with van der Waals surface area (Å²) in [5, 5.41) is 3.42. The van der Waals surface area contributed by atoms with Crippen LogP contribution in [-0.4, -0.2) is 33.1 Å². The van der Waals surface area contributed by atoms with Crippen LogP contribution in [0.1, 0.15) is 31.4 Å². The van der Waals surface area contributed by atoms with Crippen LogP contribution >= 0.6 is 15.9 Å². The Morgan fingerprint density at radius 1 is 1.50 bits per heavy atom. The van der Waals surface area contributed by atoms with Crippen molar-refractivity contribution in [3.05, 3.63) is 28.2 Å². The van der Waals surface area contributed by atoms with E-state index in [9.17, 15) is 8.42 Å². The highest BCUT2D eigenvalue weighted by molar-refractivity contribution is 9.10. The molecule has 1 heterocycles. The standard InChI is InChI=1S/C14H20BrNO3S/c1-10(9-20(2,17)18)16-13-4-3-7-19-14-8-11(15)5-6-12(13)14/h5-6,8,10,13,16H,3-4,7,9H2,1-2H3. The summed E-state index contributed by atoms with van der Waals surface area (Å²) in [4.78, 5) is 0. The van der Waals surface area contributed by atoms with E-state index in [0.717, 1.165) is 28.6 Å². The van der Waals surface area contributed by atoms with Gasteiger partial charge in [-0.15, -0.1) is 0 Å². The summed E-state index contributed by atoms with van der Waals surface area (Å²) in [7, 11) is -2.97. The fraction of sp³-hybridized carbons (Fsp3) is 0.571. The van der Waals surface area contributed by atoms with Crippen LogP contribution in [0.2, 0.25) is 0 Å². The molecule has 0 amide bonds. The molecule has 0 aromatic heterocycles. The first kappa shape index (κ1) is 15.8. The molecule has 2 rings (SSSR count). The third kappa shape index (κ3) is 4.46. The first-order valence-corrected chi connectivity index (χ1v) is 9.56. The summed E-state index contributed by atoms with van der Waals surface area (Å²) < 4.78 is 29.5. The summed E-state index contributed by atoms with van der Waals surface area (Å²) in [5.74, 6) is 1.02. The fourth-order valence-corrected chi connectivity index (χ4v) is 3.91. The molecule has 0 spiro atoms. The Balaban J connectivity index is 2.16. The van der Waals surface area contributed by atoms with Crippen molar-refractivity contribution in [3.63, 3.8) is 0 Å². The molecule has 0 fully saturated rings. The maximum atomic E-state index is 11.4. The second kappa shape index (κ2) is 6.45. The number of sulfone groups is 1. The molecule has 1 aromatic rings. The Morgan fingerprint density at radius 3 is 2.95 bits per heavy atom. The van der Waals surface area contributed by atoms with Gasteiger partial charge < -0.3 is 10.1 Å². The largest absolute Gasteiger partial charge is 0.493 e. The van der Waals surface area contributed by atoms with E-state index in [-0.39, 0.29) is 17.8 Å². The average molecular weight is 362 g/mol. The smallest absolute Gasteiger partial charge is 0.148 e. The predicted octanol–water partition coefficient (Wildman–Crippen LogP) is 2.69. The number of rotatable bonds is 4. The second-order valence-electron chi connectivity index (χ2n) is 5.39. The third-order valence-electron chi connectivity index (χ3n) is 3.28. The first-order valence-electron chi connectivity index (χ1n) is 6.71. The maximum Gasteiger partial charge on any atom is 0.148 e.